The minimum absolute atomic E-state index is 0.0683. The molecule has 0 saturated carbocycles. The number of nitrogens with one attached hydrogen (secondary N) is 1. The van der Waals surface area contributed by atoms with Crippen LogP contribution in [0.3, 0.4) is 0 Å². The summed E-state index contributed by atoms with van der Waals surface area (Å²) in [6.45, 7) is 6.30. The van der Waals surface area contributed by atoms with Crippen molar-refractivity contribution in [1.29, 1.82) is 0 Å². The average molecular weight is 548 g/mol. The molecule has 0 fully saturated rings. The molecular formula is C22H25BrF3N3O5. The molecule has 0 saturated heterocycles. The molecule has 34 heavy (non-hydrogen) atoms. The lowest BCUT2D eigenvalue weighted by Crippen LogP contribution is -2.56. The molecule has 3 rings (SSSR count). The van der Waals surface area contributed by atoms with Crippen LogP contribution in [0.4, 0.5) is 18.0 Å². The van der Waals surface area contributed by atoms with Crippen molar-refractivity contribution >= 4 is 27.9 Å². The molecule has 8 nitrogen and oxygen atoms in total. The van der Waals surface area contributed by atoms with E-state index in [9.17, 15) is 27.6 Å². The molecule has 0 atom stereocenters. The number of amides is 2. The summed E-state index contributed by atoms with van der Waals surface area (Å²) in [7, 11) is 0. The molecule has 12 heteroatoms. The topological polar surface area (TPSA) is 89.9 Å². The first-order valence-electron chi connectivity index (χ1n) is 10.2. The van der Waals surface area contributed by atoms with Crippen molar-refractivity contribution in [3.05, 3.63) is 62.5 Å². The van der Waals surface area contributed by atoms with E-state index in [2.05, 4.69) is 21.2 Å². The van der Waals surface area contributed by atoms with Crippen molar-refractivity contribution in [2.75, 3.05) is 11.7 Å². The van der Waals surface area contributed by atoms with Gasteiger partial charge in [0.05, 0.1) is 4.47 Å². The number of ether oxygens (including phenoxy) is 2. The minimum atomic E-state index is -3.96. The van der Waals surface area contributed by atoms with Gasteiger partial charge in [0.2, 0.25) is 5.43 Å². The van der Waals surface area contributed by atoms with E-state index < -0.39 is 35.6 Å². The van der Waals surface area contributed by atoms with Gasteiger partial charge in [-0.2, -0.15) is 18.2 Å². The normalized spacial score (nSPS) is 13.3. The number of carbonyl (C=O) groups excluding carboxylic acids is 2. The number of aromatic nitrogens is 1. The van der Waals surface area contributed by atoms with E-state index in [0.29, 0.717) is 0 Å². The number of fused-ring (bicyclic) bond motifs is 1. The number of pyridine rings is 1. The first-order chi connectivity index (χ1) is 15.7. The molecule has 186 valence electrons. The van der Waals surface area contributed by atoms with Gasteiger partial charge < -0.3 is 14.8 Å². The lowest BCUT2D eigenvalue weighted by molar-refractivity contribution is -0.130. The number of benzene rings is 1. The van der Waals surface area contributed by atoms with E-state index in [1.54, 1.807) is 20.8 Å². The Balaban J connectivity index is 0.000000604. The van der Waals surface area contributed by atoms with Crippen LogP contribution in [0.15, 0.2) is 45.8 Å². The van der Waals surface area contributed by atoms with Gasteiger partial charge in [0.1, 0.15) is 18.9 Å². The fourth-order valence-corrected chi connectivity index (χ4v) is 2.96. The second-order valence-electron chi connectivity index (χ2n) is 8.12. The number of hydrogen-bond donors (Lipinski definition) is 1. The number of alkyl halides is 3. The summed E-state index contributed by atoms with van der Waals surface area (Å²) in [5.41, 5.74) is -0.438. The maximum Gasteiger partial charge on any atom is 0.431 e. The van der Waals surface area contributed by atoms with Gasteiger partial charge in [-0.15, -0.1) is 0 Å². The largest absolute Gasteiger partial charge is 0.482 e. The predicted molar refractivity (Wildman–Crippen MR) is 122 cm³/mol. The number of halogens is 4. The second kappa shape index (κ2) is 10.9. The highest BCUT2D eigenvalue weighted by atomic mass is 79.9. The fraction of sp³-hybridized carbons (Fsp3) is 0.409. The van der Waals surface area contributed by atoms with Gasteiger partial charge in [0.15, 0.2) is 11.4 Å². The van der Waals surface area contributed by atoms with Gasteiger partial charge >= 0.3 is 12.3 Å². The van der Waals surface area contributed by atoms with E-state index in [0.717, 1.165) is 12.5 Å². The van der Waals surface area contributed by atoms with Crippen LogP contribution < -0.4 is 20.5 Å². The van der Waals surface area contributed by atoms with Crippen LogP contribution in [0.5, 0.6) is 5.75 Å². The van der Waals surface area contributed by atoms with Crippen molar-refractivity contribution in [3.63, 3.8) is 0 Å². The van der Waals surface area contributed by atoms with E-state index >= 15 is 0 Å². The third-order valence-corrected chi connectivity index (χ3v) is 4.76. The Labute approximate surface area is 202 Å². The smallest absolute Gasteiger partial charge is 0.431 e. The highest BCUT2D eigenvalue weighted by Crippen LogP contribution is 2.23. The molecule has 1 aromatic heterocycles. The Hall–Kier alpha value is -3.02. The Kier molecular flexibility index (Phi) is 8.76. The summed E-state index contributed by atoms with van der Waals surface area (Å²) in [6.07, 6.45) is -4.00. The van der Waals surface area contributed by atoms with Gasteiger partial charge in [-0.3, -0.25) is 9.59 Å². The minimum Gasteiger partial charge on any atom is -0.482 e. The highest BCUT2D eigenvalue weighted by molar-refractivity contribution is 9.10. The molecule has 0 radical (unpaired) electrons. The maximum absolute atomic E-state index is 12.6. The lowest BCUT2D eigenvalue weighted by Gasteiger charge is -2.33. The molecule has 2 heterocycles. The van der Waals surface area contributed by atoms with Gasteiger partial charge in [0.25, 0.3) is 5.91 Å². The quantitative estimate of drug-likeness (QED) is 0.600. The first-order valence-corrected chi connectivity index (χ1v) is 11.0. The summed E-state index contributed by atoms with van der Waals surface area (Å²) >= 11 is 3.19. The van der Waals surface area contributed by atoms with Crippen LogP contribution in [0.1, 0.15) is 50.2 Å². The third-order valence-electron chi connectivity index (χ3n) is 4.20. The van der Waals surface area contributed by atoms with Crippen molar-refractivity contribution < 1.29 is 32.2 Å². The van der Waals surface area contributed by atoms with E-state index in [-0.39, 0.29) is 29.2 Å². The molecule has 0 unspecified atom stereocenters. The molecule has 0 bridgehead atoms. The van der Waals surface area contributed by atoms with Crippen LogP contribution >= 0.6 is 15.9 Å². The van der Waals surface area contributed by atoms with E-state index in [1.165, 1.54) is 15.9 Å². The Bertz CT molecular complexity index is 1080. The molecule has 1 aromatic carbocycles. The SMILES string of the molecule is CC(C)(C)OC(=O)N1CNC(=O)c2c(OCc3ccccc3)c(=O)c(Br)cn21.CCC(F)(F)F. The maximum atomic E-state index is 12.6. The first kappa shape index (κ1) is 27.2. The van der Waals surface area contributed by atoms with Crippen molar-refractivity contribution in [1.82, 2.24) is 9.99 Å². The number of hydrogen-bond acceptors (Lipinski definition) is 5. The summed E-state index contributed by atoms with van der Waals surface area (Å²) in [4.78, 5) is 37.7. The van der Waals surface area contributed by atoms with Crippen molar-refractivity contribution in [2.24, 2.45) is 0 Å². The fourth-order valence-electron chi connectivity index (χ4n) is 2.59. The van der Waals surface area contributed by atoms with Crippen molar-refractivity contribution in [3.8, 4) is 5.75 Å². The lowest BCUT2D eigenvalue weighted by atomic mass is 10.2. The Morgan fingerprint density at radius 3 is 2.26 bits per heavy atom. The summed E-state index contributed by atoms with van der Waals surface area (Å²) in [5.74, 6) is -0.670. The second-order valence-corrected chi connectivity index (χ2v) is 8.97. The predicted octanol–water partition coefficient (Wildman–Crippen LogP) is 4.72. The van der Waals surface area contributed by atoms with Crippen molar-refractivity contribution in [2.45, 2.75) is 52.5 Å². The van der Waals surface area contributed by atoms with Gasteiger partial charge in [-0.05, 0) is 42.3 Å². The van der Waals surface area contributed by atoms with Crippen LogP contribution in [0, 0.1) is 0 Å². The molecule has 2 aromatic rings. The van der Waals surface area contributed by atoms with Gasteiger partial charge in [-0.25, -0.2) is 9.47 Å². The van der Waals surface area contributed by atoms with Crippen LogP contribution in [0.2, 0.25) is 0 Å². The van der Waals surface area contributed by atoms with Gasteiger partial charge in [-0.1, -0.05) is 37.3 Å². The number of rotatable bonds is 3. The van der Waals surface area contributed by atoms with Gasteiger partial charge in [0, 0.05) is 12.6 Å². The Morgan fingerprint density at radius 2 is 1.74 bits per heavy atom. The zero-order valence-corrected chi connectivity index (χ0v) is 20.6. The molecular weight excluding hydrogens is 523 g/mol. The molecule has 0 aliphatic carbocycles. The summed E-state index contributed by atoms with van der Waals surface area (Å²) in [5, 5.41) is 3.75. The standard InChI is InChI=1S/C19H20BrN3O5.C3H5F3/c1-19(2,3)28-18(26)23-11-21-17(25)14-16(15(24)13(20)9-22(14)23)27-10-12-7-5-4-6-8-12;1-2-3(4,5)6/h4-9H,10-11H2,1-3H3,(H,21,25);2H2,1H3. The zero-order valence-electron chi connectivity index (χ0n) is 19.0. The monoisotopic (exact) mass is 547 g/mol. The number of nitrogens with zero attached hydrogens (tertiary/aromatic N) is 2. The average Bonchev–Trinajstić information content (AvgIpc) is 2.74. The molecule has 2 amide bonds. The highest BCUT2D eigenvalue weighted by Gasteiger charge is 2.34. The van der Waals surface area contributed by atoms with E-state index in [1.807, 2.05) is 30.3 Å². The van der Waals surface area contributed by atoms with Crippen LogP contribution in [-0.2, 0) is 11.3 Å². The molecule has 1 aliphatic heterocycles. The summed E-state index contributed by atoms with van der Waals surface area (Å²) in [6, 6.07) is 9.24. The third kappa shape index (κ3) is 7.51. The van der Waals surface area contributed by atoms with E-state index in [4.69, 9.17) is 9.47 Å². The summed E-state index contributed by atoms with van der Waals surface area (Å²) < 4.78 is 44.9. The Morgan fingerprint density at radius 1 is 1.15 bits per heavy atom. The molecule has 0 spiro atoms. The molecule has 1 N–H and O–H groups in total. The van der Waals surface area contributed by atoms with Crippen LogP contribution in [-0.4, -0.2) is 35.1 Å². The molecule has 1 aliphatic rings. The zero-order chi connectivity index (χ0) is 25.7. The van der Waals surface area contributed by atoms with Crippen LogP contribution in [0.25, 0.3) is 0 Å². The number of carbonyl (C=O) groups is 2.